The fourth-order valence-electron chi connectivity index (χ4n) is 1.20. The van der Waals surface area contributed by atoms with Gasteiger partial charge in [-0.1, -0.05) is 29.8 Å². The molecule has 0 unspecified atom stereocenters. The molecule has 0 saturated heterocycles. The lowest BCUT2D eigenvalue weighted by Gasteiger charge is -2.00. The van der Waals surface area contributed by atoms with E-state index in [0.29, 0.717) is 0 Å². The van der Waals surface area contributed by atoms with E-state index in [1.165, 1.54) is 13.1 Å². The summed E-state index contributed by atoms with van der Waals surface area (Å²) < 4.78 is 4.71. The predicted molar refractivity (Wildman–Crippen MR) is 65.2 cm³/mol. The first-order chi connectivity index (χ1) is 8.11. The zero-order chi connectivity index (χ0) is 12.7. The number of likely N-dealkylation sites (N-methyl/N-ethyl adjacent to an activating group) is 1. The number of rotatable bonds is 4. The molecule has 4 heteroatoms. The normalized spacial score (nSPS) is 10.2. The SMILES string of the molecule is CNC(=O)COC(=O)C=Cc1cccc(C)c1. The topological polar surface area (TPSA) is 55.4 Å². The van der Waals surface area contributed by atoms with Crippen molar-refractivity contribution in [2.75, 3.05) is 13.7 Å². The van der Waals surface area contributed by atoms with Crippen LogP contribution in [0.2, 0.25) is 0 Å². The fourth-order valence-corrected chi connectivity index (χ4v) is 1.20. The number of hydrogen-bond donors (Lipinski definition) is 1. The number of esters is 1. The van der Waals surface area contributed by atoms with Crippen molar-refractivity contribution in [3.63, 3.8) is 0 Å². The van der Waals surface area contributed by atoms with E-state index >= 15 is 0 Å². The van der Waals surface area contributed by atoms with E-state index in [1.54, 1.807) is 6.08 Å². The standard InChI is InChI=1S/C13H15NO3/c1-10-4-3-5-11(8-10)6-7-13(16)17-9-12(15)14-2/h3-8H,9H2,1-2H3,(H,14,15). The maximum atomic E-state index is 11.2. The Morgan fingerprint density at radius 3 is 2.82 bits per heavy atom. The van der Waals surface area contributed by atoms with E-state index in [-0.39, 0.29) is 12.5 Å². The molecule has 17 heavy (non-hydrogen) atoms. The summed E-state index contributed by atoms with van der Waals surface area (Å²) in [5.74, 6) is -0.864. The second kappa shape index (κ2) is 6.48. The van der Waals surface area contributed by atoms with Crippen LogP contribution in [0.1, 0.15) is 11.1 Å². The smallest absolute Gasteiger partial charge is 0.331 e. The van der Waals surface area contributed by atoms with E-state index in [2.05, 4.69) is 5.32 Å². The molecule has 0 spiro atoms. The Labute approximate surface area is 100 Å². The Kier molecular flexibility index (Phi) is 4.94. The maximum Gasteiger partial charge on any atom is 0.331 e. The van der Waals surface area contributed by atoms with Crippen molar-refractivity contribution in [3.05, 3.63) is 41.5 Å². The molecule has 1 aromatic rings. The van der Waals surface area contributed by atoms with Gasteiger partial charge in [-0.25, -0.2) is 4.79 Å². The van der Waals surface area contributed by atoms with E-state index in [1.807, 2.05) is 31.2 Å². The van der Waals surface area contributed by atoms with Crippen LogP contribution in [0.3, 0.4) is 0 Å². The average molecular weight is 233 g/mol. The van der Waals surface area contributed by atoms with Crippen molar-refractivity contribution in [1.29, 1.82) is 0 Å². The van der Waals surface area contributed by atoms with Gasteiger partial charge in [0.15, 0.2) is 6.61 Å². The third-order valence-electron chi connectivity index (χ3n) is 2.08. The first kappa shape index (κ1) is 13.0. The van der Waals surface area contributed by atoms with Gasteiger partial charge in [0, 0.05) is 13.1 Å². The molecular formula is C13H15NO3. The molecule has 4 nitrogen and oxygen atoms in total. The van der Waals surface area contributed by atoms with Crippen LogP contribution in [0.4, 0.5) is 0 Å². The van der Waals surface area contributed by atoms with Gasteiger partial charge >= 0.3 is 5.97 Å². The Balaban J connectivity index is 2.48. The van der Waals surface area contributed by atoms with Gasteiger partial charge in [-0.3, -0.25) is 4.79 Å². The van der Waals surface area contributed by atoms with E-state index < -0.39 is 5.97 Å². The van der Waals surface area contributed by atoms with Crippen molar-refractivity contribution in [2.24, 2.45) is 0 Å². The van der Waals surface area contributed by atoms with Crippen molar-refractivity contribution in [3.8, 4) is 0 Å². The summed E-state index contributed by atoms with van der Waals surface area (Å²) in [4.78, 5) is 22.1. The Hall–Kier alpha value is -2.10. The molecule has 0 saturated carbocycles. The van der Waals surface area contributed by atoms with Gasteiger partial charge in [-0.05, 0) is 18.6 Å². The summed E-state index contributed by atoms with van der Waals surface area (Å²) in [5.41, 5.74) is 2.03. The van der Waals surface area contributed by atoms with E-state index in [0.717, 1.165) is 11.1 Å². The molecule has 0 radical (unpaired) electrons. The van der Waals surface area contributed by atoms with Gasteiger partial charge in [0.1, 0.15) is 0 Å². The molecule has 0 aliphatic rings. The molecule has 0 bridgehead atoms. The van der Waals surface area contributed by atoms with Crippen molar-refractivity contribution >= 4 is 18.0 Å². The number of nitrogens with one attached hydrogen (secondary N) is 1. The summed E-state index contributed by atoms with van der Waals surface area (Å²) in [7, 11) is 1.48. The zero-order valence-electron chi connectivity index (χ0n) is 9.90. The number of carbonyl (C=O) groups is 2. The van der Waals surface area contributed by atoms with Crippen LogP contribution in [0.15, 0.2) is 30.3 Å². The largest absolute Gasteiger partial charge is 0.452 e. The van der Waals surface area contributed by atoms with Crippen molar-refractivity contribution in [1.82, 2.24) is 5.32 Å². The summed E-state index contributed by atoms with van der Waals surface area (Å²) >= 11 is 0. The second-order valence-electron chi connectivity index (χ2n) is 3.53. The predicted octanol–water partition coefficient (Wildman–Crippen LogP) is 1.30. The summed E-state index contributed by atoms with van der Waals surface area (Å²) in [6.45, 7) is 1.72. The van der Waals surface area contributed by atoms with Crippen LogP contribution >= 0.6 is 0 Å². The van der Waals surface area contributed by atoms with Crippen molar-refractivity contribution in [2.45, 2.75) is 6.92 Å². The molecule has 0 aliphatic heterocycles. The highest BCUT2D eigenvalue weighted by molar-refractivity contribution is 5.89. The molecule has 1 rings (SSSR count). The van der Waals surface area contributed by atoms with Crippen LogP contribution in [-0.4, -0.2) is 25.5 Å². The molecule has 1 aromatic carbocycles. The lowest BCUT2D eigenvalue weighted by molar-refractivity contribution is -0.143. The number of hydrogen-bond acceptors (Lipinski definition) is 3. The Bertz CT molecular complexity index is 438. The van der Waals surface area contributed by atoms with Gasteiger partial charge < -0.3 is 10.1 Å². The number of amides is 1. The fraction of sp³-hybridized carbons (Fsp3) is 0.231. The minimum Gasteiger partial charge on any atom is -0.452 e. The van der Waals surface area contributed by atoms with Crippen LogP contribution in [0, 0.1) is 6.92 Å². The highest BCUT2D eigenvalue weighted by Gasteiger charge is 2.01. The molecule has 1 amide bonds. The Morgan fingerprint density at radius 1 is 1.41 bits per heavy atom. The van der Waals surface area contributed by atoms with E-state index in [4.69, 9.17) is 4.74 Å². The molecule has 0 heterocycles. The Morgan fingerprint density at radius 2 is 2.18 bits per heavy atom. The molecule has 90 valence electrons. The van der Waals surface area contributed by atoms with E-state index in [9.17, 15) is 9.59 Å². The quantitative estimate of drug-likeness (QED) is 0.630. The third-order valence-corrected chi connectivity index (χ3v) is 2.08. The lowest BCUT2D eigenvalue weighted by atomic mass is 10.1. The minimum absolute atomic E-state index is 0.256. The van der Waals surface area contributed by atoms with Gasteiger partial charge in [-0.15, -0.1) is 0 Å². The van der Waals surface area contributed by atoms with Gasteiger partial charge in [0.05, 0.1) is 0 Å². The molecule has 0 aromatic heterocycles. The number of benzene rings is 1. The first-order valence-corrected chi connectivity index (χ1v) is 5.24. The maximum absolute atomic E-state index is 11.2. The molecular weight excluding hydrogens is 218 g/mol. The molecule has 0 aliphatic carbocycles. The van der Waals surface area contributed by atoms with Crippen molar-refractivity contribution < 1.29 is 14.3 Å². The van der Waals surface area contributed by atoms with Crippen LogP contribution < -0.4 is 5.32 Å². The van der Waals surface area contributed by atoms with Gasteiger partial charge in [-0.2, -0.15) is 0 Å². The monoisotopic (exact) mass is 233 g/mol. The number of ether oxygens (including phenoxy) is 1. The minimum atomic E-state index is -0.532. The summed E-state index contributed by atoms with van der Waals surface area (Å²) in [6.07, 6.45) is 2.96. The summed E-state index contributed by atoms with van der Waals surface area (Å²) in [6, 6.07) is 7.71. The third kappa shape index (κ3) is 4.97. The molecule has 0 fully saturated rings. The molecule has 0 atom stereocenters. The van der Waals surface area contributed by atoms with Gasteiger partial charge in [0.2, 0.25) is 0 Å². The number of carbonyl (C=O) groups excluding carboxylic acids is 2. The highest BCUT2D eigenvalue weighted by Crippen LogP contribution is 2.05. The van der Waals surface area contributed by atoms with Crippen LogP contribution in [0.5, 0.6) is 0 Å². The highest BCUT2D eigenvalue weighted by atomic mass is 16.5. The second-order valence-corrected chi connectivity index (χ2v) is 3.53. The van der Waals surface area contributed by atoms with Gasteiger partial charge in [0.25, 0.3) is 5.91 Å². The van der Waals surface area contributed by atoms with Crippen LogP contribution in [0.25, 0.3) is 6.08 Å². The molecule has 1 N–H and O–H groups in total. The summed E-state index contributed by atoms with van der Waals surface area (Å²) in [5, 5.41) is 2.36. The lowest BCUT2D eigenvalue weighted by Crippen LogP contribution is -2.24. The zero-order valence-corrected chi connectivity index (χ0v) is 9.90. The number of aryl methyl sites for hydroxylation is 1. The average Bonchev–Trinajstić information content (AvgIpc) is 2.33. The van der Waals surface area contributed by atoms with Crippen LogP contribution in [-0.2, 0) is 14.3 Å². The first-order valence-electron chi connectivity index (χ1n) is 5.24.